The molecule has 0 saturated heterocycles. The van der Waals surface area contributed by atoms with Crippen LogP contribution in [0, 0.1) is 5.82 Å². The zero-order valence-electron chi connectivity index (χ0n) is 12.0. The van der Waals surface area contributed by atoms with Crippen LogP contribution >= 0.6 is 15.9 Å². The predicted octanol–water partition coefficient (Wildman–Crippen LogP) is 5.20. The second-order valence-electron chi connectivity index (χ2n) is 5.49. The number of aryl methyl sites for hydroxylation is 2. The molecule has 0 spiro atoms. The Bertz CT molecular complexity index is 654. The first-order valence-corrected chi connectivity index (χ1v) is 8.20. The summed E-state index contributed by atoms with van der Waals surface area (Å²) in [6, 6.07) is 11.7. The van der Waals surface area contributed by atoms with E-state index in [9.17, 15) is 4.39 Å². The van der Waals surface area contributed by atoms with Crippen molar-refractivity contribution < 1.29 is 9.13 Å². The third kappa shape index (κ3) is 2.98. The van der Waals surface area contributed by atoms with E-state index < -0.39 is 0 Å². The van der Waals surface area contributed by atoms with E-state index in [4.69, 9.17) is 4.74 Å². The van der Waals surface area contributed by atoms with Crippen LogP contribution in [0.2, 0.25) is 0 Å². The van der Waals surface area contributed by atoms with Crippen LogP contribution in [0.15, 0.2) is 36.4 Å². The van der Waals surface area contributed by atoms with Gasteiger partial charge in [-0.05, 0) is 60.1 Å². The molecular formula is C18H18BrFO. The van der Waals surface area contributed by atoms with Crippen molar-refractivity contribution in [2.24, 2.45) is 0 Å². The molecule has 110 valence electrons. The zero-order valence-corrected chi connectivity index (χ0v) is 13.6. The lowest BCUT2D eigenvalue weighted by Gasteiger charge is -2.19. The minimum atomic E-state index is -0.322. The van der Waals surface area contributed by atoms with Gasteiger partial charge < -0.3 is 4.74 Å². The Morgan fingerprint density at radius 3 is 2.38 bits per heavy atom. The van der Waals surface area contributed by atoms with Gasteiger partial charge >= 0.3 is 0 Å². The Morgan fingerprint density at radius 1 is 1.00 bits per heavy atom. The Balaban J connectivity index is 1.91. The molecule has 0 aliphatic heterocycles. The molecule has 1 unspecified atom stereocenters. The molecule has 0 aromatic heterocycles. The molecule has 0 N–H and O–H groups in total. The molecular weight excluding hydrogens is 331 g/mol. The van der Waals surface area contributed by atoms with Crippen LogP contribution in [0.3, 0.4) is 0 Å². The van der Waals surface area contributed by atoms with Crippen molar-refractivity contribution >= 4 is 15.9 Å². The normalized spacial score (nSPS) is 15.4. The molecule has 0 fully saturated rings. The minimum Gasteiger partial charge on any atom is -0.494 e. The van der Waals surface area contributed by atoms with Gasteiger partial charge in [0.2, 0.25) is 0 Å². The second-order valence-corrected chi connectivity index (χ2v) is 6.41. The van der Waals surface area contributed by atoms with Crippen LogP contribution in [0.5, 0.6) is 5.75 Å². The van der Waals surface area contributed by atoms with Crippen molar-refractivity contribution in [1.29, 1.82) is 0 Å². The van der Waals surface area contributed by atoms with Gasteiger partial charge in [-0.2, -0.15) is 0 Å². The number of hydrogen-bond donors (Lipinski definition) is 0. The lowest BCUT2D eigenvalue weighted by molar-refractivity contribution is 0.386. The maximum atomic E-state index is 13.9. The molecule has 0 saturated carbocycles. The maximum absolute atomic E-state index is 13.9. The van der Waals surface area contributed by atoms with Crippen LogP contribution in [-0.4, -0.2) is 7.11 Å². The number of hydrogen-bond acceptors (Lipinski definition) is 1. The SMILES string of the molecule is COc1ccc(C(Br)c2ccc3c(c2)CCCC3)cc1F. The Hall–Kier alpha value is -1.35. The van der Waals surface area contributed by atoms with Gasteiger partial charge in [-0.1, -0.05) is 40.2 Å². The summed E-state index contributed by atoms with van der Waals surface area (Å²) >= 11 is 3.70. The molecule has 2 aromatic rings. The second kappa shape index (κ2) is 6.18. The number of methoxy groups -OCH3 is 1. The van der Waals surface area contributed by atoms with Gasteiger partial charge in [0.05, 0.1) is 11.9 Å². The van der Waals surface area contributed by atoms with Gasteiger partial charge in [0.15, 0.2) is 11.6 Å². The highest BCUT2D eigenvalue weighted by Crippen LogP contribution is 2.35. The number of alkyl halides is 1. The van der Waals surface area contributed by atoms with Gasteiger partial charge in [-0.25, -0.2) is 4.39 Å². The third-order valence-electron chi connectivity index (χ3n) is 4.13. The molecule has 1 atom stereocenters. The van der Waals surface area contributed by atoms with Crippen LogP contribution in [-0.2, 0) is 12.8 Å². The highest BCUT2D eigenvalue weighted by Gasteiger charge is 2.16. The largest absolute Gasteiger partial charge is 0.494 e. The highest BCUT2D eigenvalue weighted by molar-refractivity contribution is 9.09. The molecule has 0 bridgehead atoms. The third-order valence-corrected chi connectivity index (χ3v) is 5.19. The summed E-state index contributed by atoms with van der Waals surface area (Å²) in [5.41, 5.74) is 4.99. The molecule has 0 heterocycles. The smallest absolute Gasteiger partial charge is 0.165 e. The quantitative estimate of drug-likeness (QED) is 0.693. The van der Waals surface area contributed by atoms with E-state index in [1.807, 2.05) is 6.07 Å². The van der Waals surface area contributed by atoms with E-state index in [0.29, 0.717) is 0 Å². The molecule has 0 radical (unpaired) electrons. The molecule has 21 heavy (non-hydrogen) atoms. The van der Waals surface area contributed by atoms with Crippen molar-refractivity contribution in [2.45, 2.75) is 30.5 Å². The fourth-order valence-electron chi connectivity index (χ4n) is 2.94. The van der Waals surface area contributed by atoms with Gasteiger partial charge in [-0.15, -0.1) is 0 Å². The Morgan fingerprint density at radius 2 is 1.67 bits per heavy atom. The van der Waals surface area contributed by atoms with E-state index >= 15 is 0 Å². The first-order valence-electron chi connectivity index (χ1n) is 7.28. The minimum absolute atomic E-state index is 0.00475. The van der Waals surface area contributed by atoms with Crippen LogP contribution in [0.4, 0.5) is 4.39 Å². The van der Waals surface area contributed by atoms with Gasteiger partial charge in [0, 0.05) is 0 Å². The van der Waals surface area contributed by atoms with Crippen molar-refractivity contribution in [2.75, 3.05) is 7.11 Å². The molecule has 2 aromatic carbocycles. The topological polar surface area (TPSA) is 9.23 Å². The molecule has 3 rings (SSSR count). The van der Waals surface area contributed by atoms with Crippen molar-refractivity contribution in [3.8, 4) is 5.75 Å². The zero-order chi connectivity index (χ0) is 14.8. The fourth-order valence-corrected chi connectivity index (χ4v) is 3.51. The molecule has 3 heteroatoms. The van der Waals surface area contributed by atoms with Crippen LogP contribution in [0.1, 0.15) is 39.9 Å². The van der Waals surface area contributed by atoms with E-state index in [1.54, 1.807) is 6.07 Å². The number of halogens is 2. The van der Waals surface area contributed by atoms with Gasteiger partial charge in [0.1, 0.15) is 0 Å². The standard InChI is InChI=1S/C18H18BrFO/c1-21-17-9-8-15(11-16(17)20)18(19)14-7-6-12-4-2-3-5-13(12)10-14/h6-11,18H,2-5H2,1H3. The van der Waals surface area contributed by atoms with Crippen LogP contribution in [0.25, 0.3) is 0 Å². The summed E-state index contributed by atoms with van der Waals surface area (Å²) in [4.78, 5) is 0.00475. The van der Waals surface area contributed by atoms with Crippen molar-refractivity contribution in [1.82, 2.24) is 0 Å². The molecule has 1 aliphatic rings. The van der Waals surface area contributed by atoms with Crippen molar-refractivity contribution in [3.63, 3.8) is 0 Å². The summed E-state index contributed by atoms with van der Waals surface area (Å²) in [5.74, 6) is -0.0405. The first-order chi connectivity index (χ1) is 10.2. The predicted molar refractivity (Wildman–Crippen MR) is 86.8 cm³/mol. The van der Waals surface area contributed by atoms with Gasteiger partial charge in [0.25, 0.3) is 0 Å². The summed E-state index contributed by atoms with van der Waals surface area (Å²) < 4.78 is 18.8. The number of rotatable bonds is 3. The lowest BCUT2D eigenvalue weighted by atomic mass is 9.89. The van der Waals surface area contributed by atoms with Crippen LogP contribution < -0.4 is 4.74 Å². The first kappa shape index (κ1) is 14.6. The Labute approximate surface area is 133 Å². The average molecular weight is 349 g/mol. The maximum Gasteiger partial charge on any atom is 0.165 e. The van der Waals surface area contributed by atoms with E-state index in [0.717, 1.165) is 12.0 Å². The molecule has 1 nitrogen and oxygen atoms in total. The van der Waals surface area contributed by atoms with Crippen molar-refractivity contribution in [3.05, 3.63) is 64.5 Å². The number of ether oxygens (including phenoxy) is 1. The summed E-state index contributed by atoms with van der Waals surface area (Å²) in [6.07, 6.45) is 4.88. The van der Waals surface area contributed by atoms with E-state index in [1.165, 1.54) is 49.1 Å². The highest BCUT2D eigenvalue weighted by atomic mass is 79.9. The van der Waals surface area contributed by atoms with Gasteiger partial charge in [-0.3, -0.25) is 0 Å². The number of benzene rings is 2. The lowest BCUT2D eigenvalue weighted by Crippen LogP contribution is -2.04. The van der Waals surface area contributed by atoms with E-state index in [2.05, 4.69) is 34.1 Å². The summed E-state index contributed by atoms with van der Waals surface area (Å²) in [5, 5.41) is 0. The number of fused-ring (bicyclic) bond motifs is 1. The Kier molecular flexibility index (Phi) is 4.29. The molecule has 1 aliphatic carbocycles. The summed E-state index contributed by atoms with van der Waals surface area (Å²) in [7, 11) is 1.48. The van der Waals surface area contributed by atoms with E-state index in [-0.39, 0.29) is 16.4 Å². The summed E-state index contributed by atoms with van der Waals surface area (Å²) in [6.45, 7) is 0. The average Bonchev–Trinajstić information content (AvgIpc) is 2.53. The fraction of sp³-hybridized carbons (Fsp3) is 0.333. The molecule has 0 amide bonds. The monoisotopic (exact) mass is 348 g/mol.